The number of hydrogen-bond donors (Lipinski definition) is 2. The maximum atomic E-state index is 13.0. The monoisotopic (exact) mass is 415 g/mol. The molecule has 9 nitrogen and oxygen atoms in total. The van der Waals surface area contributed by atoms with Gasteiger partial charge in [-0.3, -0.25) is 19.3 Å². The van der Waals surface area contributed by atoms with Crippen LogP contribution >= 0.6 is 0 Å². The molecule has 0 radical (unpaired) electrons. The van der Waals surface area contributed by atoms with Gasteiger partial charge >= 0.3 is 0 Å². The first-order chi connectivity index (χ1) is 14.3. The summed E-state index contributed by atoms with van der Waals surface area (Å²) in [4.78, 5) is 39.4. The Hall–Kier alpha value is -3.23. The molecule has 0 fully saturated rings. The molecule has 3 amide bonds. The topological polar surface area (TPSA) is 112 Å². The molecule has 30 heavy (non-hydrogen) atoms. The van der Waals surface area contributed by atoms with Gasteiger partial charge in [0.25, 0.3) is 17.7 Å². The number of carbonyl (C=O) groups excluding carboxylic acids is 3. The predicted octanol–water partition coefficient (Wildman–Crippen LogP) is 2.89. The molecule has 162 valence electrons. The summed E-state index contributed by atoms with van der Waals surface area (Å²) in [6.45, 7) is 10.5. The standard InChI is InChI=1S/C21H29N5O4/c1-7-22-18(27)17(19(30-6)23-8-2)25-24-16-13(5)9-10-14-15(16)21(29)26(20(14)28)11-12(3)4/h9-10,12,23H,7-8,11H2,1-6H3,(H,22,27)/b19-17-,25-24?. The van der Waals surface area contributed by atoms with Crippen LogP contribution in [0.5, 0.6) is 0 Å². The molecule has 2 N–H and O–H groups in total. The van der Waals surface area contributed by atoms with E-state index in [4.69, 9.17) is 4.74 Å². The van der Waals surface area contributed by atoms with E-state index in [0.717, 1.165) is 0 Å². The highest BCUT2D eigenvalue weighted by atomic mass is 16.5. The van der Waals surface area contributed by atoms with Crippen LogP contribution < -0.4 is 10.6 Å². The van der Waals surface area contributed by atoms with Gasteiger partial charge in [0.15, 0.2) is 0 Å². The molecule has 0 unspecified atom stereocenters. The molecule has 0 aromatic heterocycles. The third-order valence-electron chi connectivity index (χ3n) is 4.42. The first-order valence-corrected chi connectivity index (χ1v) is 9.98. The quantitative estimate of drug-likeness (QED) is 0.279. The fraction of sp³-hybridized carbons (Fsp3) is 0.476. The predicted molar refractivity (Wildman–Crippen MR) is 112 cm³/mol. The van der Waals surface area contributed by atoms with Crippen molar-refractivity contribution >= 4 is 23.4 Å². The zero-order valence-corrected chi connectivity index (χ0v) is 18.3. The van der Waals surface area contributed by atoms with Gasteiger partial charge in [0.1, 0.15) is 5.69 Å². The minimum Gasteiger partial charge on any atom is -0.481 e. The fourth-order valence-corrected chi connectivity index (χ4v) is 3.07. The Labute approximate surface area is 176 Å². The van der Waals surface area contributed by atoms with E-state index in [2.05, 4.69) is 20.9 Å². The van der Waals surface area contributed by atoms with Crippen molar-refractivity contribution in [3.8, 4) is 0 Å². The second-order valence-corrected chi connectivity index (χ2v) is 7.24. The highest BCUT2D eigenvalue weighted by molar-refractivity contribution is 6.23. The van der Waals surface area contributed by atoms with E-state index >= 15 is 0 Å². The molecule has 0 aliphatic carbocycles. The van der Waals surface area contributed by atoms with Gasteiger partial charge in [-0.25, -0.2) is 0 Å². The van der Waals surface area contributed by atoms with Crippen molar-refractivity contribution in [1.29, 1.82) is 0 Å². The molecule has 0 spiro atoms. The Morgan fingerprint density at radius 1 is 1.13 bits per heavy atom. The summed E-state index contributed by atoms with van der Waals surface area (Å²) in [6.07, 6.45) is 0. The number of methoxy groups -OCH3 is 1. The Balaban J connectivity index is 2.55. The SMILES string of the molecule is CCNC(=O)/C(N=Nc1c(C)ccc2c1C(=O)N(CC(C)C)C2=O)=C(\NCC)OC. The number of nitrogens with one attached hydrogen (secondary N) is 2. The van der Waals surface area contributed by atoms with Crippen LogP contribution in [0, 0.1) is 12.8 Å². The van der Waals surface area contributed by atoms with Crippen LogP contribution in [0.25, 0.3) is 0 Å². The summed E-state index contributed by atoms with van der Waals surface area (Å²) in [5, 5.41) is 13.9. The Kier molecular flexibility index (Phi) is 7.68. The van der Waals surface area contributed by atoms with Crippen LogP contribution in [-0.4, -0.2) is 49.4 Å². The van der Waals surface area contributed by atoms with Gasteiger partial charge in [-0.15, -0.1) is 10.2 Å². The average molecular weight is 415 g/mol. The van der Waals surface area contributed by atoms with Crippen molar-refractivity contribution in [2.75, 3.05) is 26.7 Å². The lowest BCUT2D eigenvalue weighted by Crippen LogP contribution is -2.33. The minimum absolute atomic E-state index is 0.0472. The molecular weight excluding hydrogens is 386 g/mol. The number of benzene rings is 1. The Bertz CT molecular complexity index is 905. The van der Waals surface area contributed by atoms with E-state index in [9.17, 15) is 14.4 Å². The zero-order chi connectivity index (χ0) is 22.4. The molecule has 0 bridgehead atoms. The molecule has 1 aromatic rings. The highest BCUT2D eigenvalue weighted by Crippen LogP contribution is 2.35. The van der Waals surface area contributed by atoms with Crippen LogP contribution in [0.3, 0.4) is 0 Å². The molecular formula is C21H29N5O4. The summed E-state index contributed by atoms with van der Waals surface area (Å²) in [5.74, 6) is -0.905. The van der Waals surface area contributed by atoms with Gasteiger partial charge in [0, 0.05) is 19.6 Å². The molecule has 2 rings (SSSR count). The fourth-order valence-electron chi connectivity index (χ4n) is 3.07. The van der Waals surface area contributed by atoms with Crippen molar-refractivity contribution in [2.45, 2.75) is 34.6 Å². The maximum Gasteiger partial charge on any atom is 0.277 e. The van der Waals surface area contributed by atoms with E-state index < -0.39 is 11.8 Å². The number of fused-ring (bicyclic) bond motifs is 1. The molecule has 1 aliphatic heterocycles. The average Bonchev–Trinajstić information content (AvgIpc) is 2.93. The van der Waals surface area contributed by atoms with E-state index in [0.29, 0.717) is 30.8 Å². The van der Waals surface area contributed by atoms with Crippen molar-refractivity contribution in [3.63, 3.8) is 0 Å². The van der Waals surface area contributed by atoms with Crippen LogP contribution in [-0.2, 0) is 9.53 Å². The van der Waals surface area contributed by atoms with Crippen LogP contribution in [0.4, 0.5) is 5.69 Å². The lowest BCUT2D eigenvalue weighted by Gasteiger charge is -2.16. The van der Waals surface area contributed by atoms with Crippen LogP contribution in [0.2, 0.25) is 0 Å². The molecule has 1 heterocycles. The van der Waals surface area contributed by atoms with E-state index in [1.165, 1.54) is 12.0 Å². The number of aryl methyl sites for hydroxylation is 1. The second-order valence-electron chi connectivity index (χ2n) is 7.24. The zero-order valence-electron chi connectivity index (χ0n) is 18.3. The summed E-state index contributed by atoms with van der Waals surface area (Å²) >= 11 is 0. The van der Waals surface area contributed by atoms with E-state index in [1.807, 2.05) is 20.8 Å². The molecule has 1 aromatic carbocycles. The highest BCUT2D eigenvalue weighted by Gasteiger charge is 2.38. The number of amides is 3. The number of likely N-dealkylation sites (N-methyl/N-ethyl adjacent to an activating group) is 1. The molecule has 0 atom stereocenters. The molecule has 0 saturated heterocycles. The number of rotatable bonds is 9. The third-order valence-corrected chi connectivity index (χ3v) is 4.42. The van der Waals surface area contributed by atoms with Gasteiger partial charge in [0.2, 0.25) is 11.6 Å². The minimum atomic E-state index is -0.465. The first-order valence-electron chi connectivity index (χ1n) is 9.98. The number of nitrogens with zero attached hydrogens (tertiary/aromatic N) is 3. The lowest BCUT2D eigenvalue weighted by molar-refractivity contribution is -0.117. The normalized spacial score (nSPS) is 14.3. The summed E-state index contributed by atoms with van der Waals surface area (Å²) in [6, 6.07) is 3.35. The van der Waals surface area contributed by atoms with Crippen molar-refractivity contribution in [3.05, 3.63) is 40.4 Å². The van der Waals surface area contributed by atoms with Crippen LogP contribution in [0.1, 0.15) is 54.0 Å². The summed E-state index contributed by atoms with van der Waals surface area (Å²) in [5.41, 5.74) is 1.40. The number of imide groups is 1. The number of carbonyl (C=O) groups is 3. The maximum absolute atomic E-state index is 13.0. The van der Waals surface area contributed by atoms with Gasteiger partial charge in [-0.1, -0.05) is 19.9 Å². The molecule has 9 heteroatoms. The van der Waals surface area contributed by atoms with Gasteiger partial charge in [-0.2, -0.15) is 0 Å². The first kappa shape index (κ1) is 23.1. The Morgan fingerprint density at radius 3 is 2.37 bits per heavy atom. The smallest absolute Gasteiger partial charge is 0.277 e. The number of azo groups is 1. The van der Waals surface area contributed by atoms with E-state index in [1.54, 1.807) is 26.0 Å². The van der Waals surface area contributed by atoms with E-state index in [-0.39, 0.29) is 34.7 Å². The lowest BCUT2D eigenvalue weighted by atomic mass is 10.0. The van der Waals surface area contributed by atoms with Crippen LogP contribution in [0.15, 0.2) is 33.9 Å². The largest absolute Gasteiger partial charge is 0.481 e. The van der Waals surface area contributed by atoms with Crippen molar-refractivity contribution in [2.24, 2.45) is 16.1 Å². The van der Waals surface area contributed by atoms with Gasteiger partial charge in [0.05, 0.1) is 18.2 Å². The third kappa shape index (κ3) is 4.67. The number of hydrogen-bond acceptors (Lipinski definition) is 7. The Morgan fingerprint density at radius 2 is 1.80 bits per heavy atom. The summed E-state index contributed by atoms with van der Waals surface area (Å²) in [7, 11) is 1.42. The summed E-state index contributed by atoms with van der Waals surface area (Å²) < 4.78 is 5.26. The van der Waals surface area contributed by atoms with Gasteiger partial charge in [-0.05, 0) is 38.3 Å². The van der Waals surface area contributed by atoms with Crippen molar-refractivity contribution in [1.82, 2.24) is 15.5 Å². The van der Waals surface area contributed by atoms with Crippen molar-refractivity contribution < 1.29 is 19.1 Å². The molecule has 0 saturated carbocycles. The molecule has 1 aliphatic rings. The van der Waals surface area contributed by atoms with Gasteiger partial charge < -0.3 is 15.4 Å². The second kappa shape index (κ2) is 10.00. The number of ether oxygens (including phenoxy) is 1.